The Morgan fingerprint density at radius 1 is 1.44 bits per heavy atom. The van der Waals surface area contributed by atoms with Gasteiger partial charge in [0.15, 0.2) is 5.82 Å². The van der Waals surface area contributed by atoms with Crippen molar-refractivity contribution in [3.63, 3.8) is 0 Å². The van der Waals surface area contributed by atoms with E-state index in [1.165, 1.54) is 0 Å². The van der Waals surface area contributed by atoms with Gasteiger partial charge in [-0.3, -0.25) is 9.78 Å². The molecule has 0 aromatic carbocycles. The summed E-state index contributed by atoms with van der Waals surface area (Å²) in [6, 6.07) is 1.05. The highest BCUT2D eigenvalue weighted by atomic mass is 79.9. The first-order chi connectivity index (χ1) is 8.35. The zero-order valence-corrected chi connectivity index (χ0v) is 10.6. The molecule has 0 aliphatic rings. The van der Waals surface area contributed by atoms with E-state index < -0.39 is 30.0 Å². The van der Waals surface area contributed by atoms with Gasteiger partial charge < -0.3 is 4.90 Å². The predicted molar refractivity (Wildman–Crippen MR) is 59.9 cm³/mol. The number of nitrogens with zero attached hydrogens (tertiary/aromatic N) is 2. The minimum absolute atomic E-state index is 0.167. The van der Waals surface area contributed by atoms with E-state index in [1.807, 2.05) is 0 Å². The highest BCUT2D eigenvalue weighted by Crippen LogP contribution is 2.19. The topological polar surface area (TPSA) is 33.2 Å². The van der Waals surface area contributed by atoms with E-state index in [4.69, 9.17) is 0 Å². The molecule has 1 amide bonds. The number of carbonyl (C=O) groups is 1. The molecule has 0 N–H and O–H groups in total. The second kappa shape index (κ2) is 6.12. The second-order valence-electron chi connectivity index (χ2n) is 3.39. The molecule has 1 heterocycles. The standard InChI is InChI=1S/C10H9BrF4N2O/c11-2-4-17(6-10(13,14)15)9(18)7-1-3-16-5-8(7)12/h1,3,5H,2,4,6H2. The van der Waals surface area contributed by atoms with E-state index in [0.717, 1.165) is 18.5 Å². The average molecular weight is 329 g/mol. The first kappa shape index (κ1) is 14.9. The molecule has 100 valence electrons. The molecule has 0 radical (unpaired) electrons. The molecule has 1 aromatic heterocycles. The number of amides is 1. The molecule has 0 unspecified atom stereocenters. The van der Waals surface area contributed by atoms with E-state index in [2.05, 4.69) is 20.9 Å². The molecule has 1 aromatic rings. The first-order valence-electron chi connectivity index (χ1n) is 4.86. The fraction of sp³-hybridized carbons (Fsp3) is 0.400. The molecule has 1 rings (SSSR count). The maximum atomic E-state index is 13.3. The van der Waals surface area contributed by atoms with Gasteiger partial charge in [-0.05, 0) is 6.07 Å². The highest BCUT2D eigenvalue weighted by Gasteiger charge is 2.33. The lowest BCUT2D eigenvalue weighted by atomic mass is 10.2. The van der Waals surface area contributed by atoms with Crippen molar-refractivity contribution in [3.05, 3.63) is 29.8 Å². The van der Waals surface area contributed by atoms with Crippen LogP contribution in [0.1, 0.15) is 10.4 Å². The van der Waals surface area contributed by atoms with Crippen LogP contribution in [0.4, 0.5) is 17.6 Å². The number of rotatable bonds is 4. The summed E-state index contributed by atoms with van der Waals surface area (Å²) in [6.45, 7) is -1.58. The first-order valence-corrected chi connectivity index (χ1v) is 5.99. The number of carbonyl (C=O) groups excluding carboxylic acids is 1. The van der Waals surface area contributed by atoms with Crippen LogP contribution in [0.2, 0.25) is 0 Å². The summed E-state index contributed by atoms with van der Waals surface area (Å²) in [4.78, 5) is 15.7. The Morgan fingerprint density at radius 2 is 2.11 bits per heavy atom. The van der Waals surface area contributed by atoms with Gasteiger partial charge in [0.2, 0.25) is 0 Å². The van der Waals surface area contributed by atoms with Gasteiger partial charge in [0.1, 0.15) is 6.54 Å². The Kier molecular flexibility index (Phi) is 5.06. The third kappa shape index (κ3) is 4.25. The summed E-state index contributed by atoms with van der Waals surface area (Å²) in [5.74, 6) is -1.95. The molecule has 0 saturated carbocycles. The molecular weight excluding hydrogens is 320 g/mol. The van der Waals surface area contributed by atoms with Gasteiger partial charge in [-0.1, -0.05) is 15.9 Å². The van der Waals surface area contributed by atoms with Crippen molar-refractivity contribution < 1.29 is 22.4 Å². The number of pyridine rings is 1. The Bertz CT molecular complexity index is 425. The van der Waals surface area contributed by atoms with Crippen LogP contribution in [0.5, 0.6) is 0 Å². The molecule has 0 aliphatic heterocycles. The van der Waals surface area contributed by atoms with Crippen LogP contribution in [-0.2, 0) is 0 Å². The molecule has 0 bridgehead atoms. The monoisotopic (exact) mass is 328 g/mol. The van der Waals surface area contributed by atoms with E-state index in [1.54, 1.807) is 0 Å². The Hall–Kier alpha value is -1.18. The van der Waals surface area contributed by atoms with Crippen molar-refractivity contribution in [1.82, 2.24) is 9.88 Å². The van der Waals surface area contributed by atoms with E-state index in [0.29, 0.717) is 4.90 Å². The Balaban J connectivity index is 2.93. The zero-order chi connectivity index (χ0) is 13.8. The number of halogens is 5. The lowest BCUT2D eigenvalue weighted by Gasteiger charge is -2.23. The van der Waals surface area contributed by atoms with Crippen LogP contribution in [0.15, 0.2) is 18.5 Å². The van der Waals surface area contributed by atoms with Gasteiger partial charge in [0.05, 0.1) is 11.8 Å². The fourth-order valence-corrected chi connectivity index (χ4v) is 1.72. The molecule has 0 spiro atoms. The maximum Gasteiger partial charge on any atom is 0.406 e. The largest absolute Gasteiger partial charge is 0.406 e. The van der Waals surface area contributed by atoms with E-state index >= 15 is 0 Å². The fourth-order valence-electron chi connectivity index (χ4n) is 1.29. The summed E-state index contributed by atoms with van der Waals surface area (Å²) in [5.41, 5.74) is -0.421. The molecule has 3 nitrogen and oxygen atoms in total. The maximum absolute atomic E-state index is 13.3. The van der Waals surface area contributed by atoms with E-state index in [9.17, 15) is 22.4 Å². The van der Waals surface area contributed by atoms with Crippen LogP contribution in [0.25, 0.3) is 0 Å². The lowest BCUT2D eigenvalue weighted by Crippen LogP contribution is -2.40. The summed E-state index contributed by atoms with van der Waals surface area (Å²) < 4.78 is 50.1. The SMILES string of the molecule is O=C(c1ccncc1F)N(CCBr)CC(F)(F)F. The molecular formula is C10H9BrF4N2O. The van der Waals surface area contributed by atoms with Crippen molar-refractivity contribution in [1.29, 1.82) is 0 Å². The highest BCUT2D eigenvalue weighted by molar-refractivity contribution is 9.09. The van der Waals surface area contributed by atoms with Gasteiger partial charge in [-0.15, -0.1) is 0 Å². The number of aromatic nitrogens is 1. The van der Waals surface area contributed by atoms with Crippen LogP contribution >= 0.6 is 15.9 Å². The normalized spacial score (nSPS) is 11.4. The number of hydrogen-bond donors (Lipinski definition) is 0. The van der Waals surface area contributed by atoms with Crippen LogP contribution < -0.4 is 0 Å². The van der Waals surface area contributed by atoms with Crippen LogP contribution in [0.3, 0.4) is 0 Å². The van der Waals surface area contributed by atoms with E-state index in [-0.39, 0.29) is 11.9 Å². The second-order valence-corrected chi connectivity index (χ2v) is 4.18. The summed E-state index contributed by atoms with van der Waals surface area (Å²) in [5, 5.41) is 0.168. The minimum Gasteiger partial charge on any atom is -0.329 e. The summed E-state index contributed by atoms with van der Waals surface area (Å²) in [7, 11) is 0. The van der Waals surface area contributed by atoms with Crippen molar-refractivity contribution in [2.45, 2.75) is 6.18 Å². The van der Waals surface area contributed by atoms with Gasteiger partial charge in [0.25, 0.3) is 5.91 Å². The molecule has 0 saturated heterocycles. The average Bonchev–Trinajstić information content (AvgIpc) is 2.26. The summed E-state index contributed by atoms with van der Waals surface area (Å²) in [6.07, 6.45) is -2.59. The van der Waals surface area contributed by atoms with Crippen molar-refractivity contribution in [2.24, 2.45) is 0 Å². The molecule has 0 fully saturated rings. The van der Waals surface area contributed by atoms with Gasteiger partial charge in [-0.25, -0.2) is 4.39 Å². The smallest absolute Gasteiger partial charge is 0.329 e. The number of alkyl halides is 4. The zero-order valence-electron chi connectivity index (χ0n) is 9.05. The van der Waals surface area contributed by atoms with Gasteiger partial charge in [-0.2, -0.15) is 13.2 Å². The lowest BCUT2D eigenvalue weighted by molar-refractivity contribution is -0.140. The molecule has 18 heavy (non-hydrogen) atoms. The third-order valence-electron chi connectivity index (χ3n) is 2.01. The predicted octanol–water partition coefficient (Wildman–Crippen LogP) is 2.62. The number of hydrogen-bond acceptors (Lipinski definition) is 2. The van der Waals surface area contributed by atoms with Crippen molar-refractivity contribution >= 4 is 21.8 Å². The van der Waals surface area contributed by atoms with Crippen LogP contribution in [-0.4, -0.2) is 40.4 Å². The Morgan fingerprint density at radius 3 is 2.61 bits per heavy atom. The molecule has 0 atom stereocenters. The van der Waals surface area contributed by atoms with Gasteiger partial charge in [0, 0.05) is 18.1 Å². The minimum atomic E-state index is -4.53. The summed E-state index contributed by atoms with van der Waals surface area (Å²) >= 11 is 2.95. The third-order valence-corrected chi connectivity index (χ3v) is 2.37. The Labute approximate surface area is 109 Å². The molecule has 0 aliphatic carbocycles. The van der Waals surface area contributed by atoms with Crippen molar-refractivity contribution in [2.75, 3.05) is 18.4 Å². The van der Waals surface area contributed by atoms with Gasteiger partial charge >= 0.3 is 6.18 Å². The quantitative estimate of drug-likeness (QED) is 0.628. The van der Waals surface area contributed by atoms with Crippen LogP contribution in [0, 0.1) is 5.82 Å². The molecule has 8 heteroatoms. The van der Waals surface area contributed by atoms with Crippen molar-refractivity contribution in [3.8, 4) is 0 Å².